The van der Waals surface area contributed by atoms with Gasteiger partial charge in [-0.1, -0.05) is 6.57 Å². The van der Waals surface area contributed by atoms with E-state index in [4.69, 9.17) is 21.5 Å². The first kappa shape index (κ1) is 22.3. The lowest BCUT2D eigenvalue weighted by Gasteiger charge is -2.27. The Labute approximate surface area is 187 Å². The number of hydrogen-bond acceptors (Lipinski definition) is 6. The number of ether oxygens (including phenoxy) is 1. The molecule has 0 saturated carbocycles. The van der Waals surface area contributed by atoms with Crippen molar-refractivity contribution in [2.75, 3.05) is 4.90 Å². The number of halogens is 1. The molecule has 3 heterocycles. The van der Waals surface area contributed by atoms with Gasteiger partial charge in [-0.2, -0.15) is 0 Å². The van der Waals surface area contributed by atoms with Crippen LogP contribution in [0.3, 0.4) is 0 Å². The predicted molar refractivity (Wildman–Crippen MR) is 122 cm³/mol. The minimum atomic E-state index is -0.677. The Bertz CT molecular complexity index is 1090. The second-order valence-electron chi connectivity index (χ2n) is 7.96. The van der Waals surface area contributed by atoms with E-state index in [2.05, 4.69) is 25.8 Å². The van der Waals surface area contributed by atoms with E-state index < -0.39 is 11.7 Å². The number of furan rings is 1. The quantitative estimate of drug-likeness (QED) is 0.440. The van der Waals surface area contributed by atoms with Crippen molar-refractivity contribution in [3.63, 3.8) is 0 Å². The molecule has 0 bridgehead atoms. The third-order valence-corrected chi connectivity index (χ3v) is 6.38. The molecule has 0 aliphatic carbocycles. The summed E-state index contributed by atoms with van der Waals surface area (Å²) < 4.78 is 12.7. The predicted octanol–water partition coefficient (Wildman–Crippen LogP) is 6.03. The Balaban J connectivity index is 2.18. The van der Waals surface area contributed by atoms with Gasteiger partial charge in [-0.25, -0.2) is 4.79 Å². The molecule has 2 N–H and O–H groups in total. The van der Waals surface area contributed by atoms with Crippen molar-refractivity contribution in [1.29, 1.82) is 0 Å². The highest BCUT2D eigenvalue weighted by molar-refractivity contribution is 9.10. The smallest absolute Gasteiger partial charge is 0.415 e. The van der Waals surface area contributed by atoms with Crippen molar-refractivity contribution < 1.29 is 13.9 Å². The molecule has 1 amide bonds. The molecule has 9 heteroatoms. The molecule has 0 saturated heterocycles. The topological polar surface area (TPSA) is 86.0 Å². The van der Waals surface area contributed by atoms with Gasteiger partial charge in [0.2, 0.25) is 0 Å². The van der Waals surface area contributed by atoms with Crippen molar-refractivity contribution >= 4 is 55.1 Å². The summed E-state index contributed by atoms with van der Waals surface area (Å²) in [5.41, 5.74) is 6.51. The number of aromatic nitrogens is 1. The van der Waals surface area contributed by atoms with Gasteiger partial charge in [0.25, 0.3) is 5.82 Å². The number of carbonyl (C=O) groups is 1. The number of pyridine rings is 1. The van der Waals surface area contributed by atoms with Crippen LogP contribution >= 0.6 is 27.3 Å². The van der Waals surface area contributed by atoms with Gasteiger partial charge in [-0.3, -0.25) is 4.90 Å². The average molecular weight is 491 g/mol. The lowest BCUT2D eigenvalue weighted by atomic mass is 10.2. The van der Waals surface area contributed by atoms with Crippen LogP contribution in [0.15, 0.2) is 33.4 Å². The number of rotatable bonds is 5. The number of hydrogen-bond donors (Lipinski definition) is 1. The maximum absolute atomic E-state index is 13.1. The molecular weight excluding hydrogens is 468 g/mol. The van der Waals surface area contributed by atoms with E-state index in [0.29, 0.717) is 23.4 Å². The summed E-state index contributed by atoms with van der Waals surface area (Å²) in [4.78, 5) is 23.6. The molecule has 158 valence electrons. The lowest BCUT2D eigenvalue weighted by molar-refractivity contribution is 0.0575. The maximum atomic E-state index is 13.1. The summed E-state index contributed by atoms with van der Waals surface area (Å²) in [5.74, 6) is 0.790. The fourth-order valence-corrected chi connectivity index (χ4v) is 4.98. The first-order chi connectivity index (χ1) is 14.1. The molecule has 0 unspecified atom stereocenters. The van der Waals surface area contributed by atoms with Crippen LogP contribution in [0.4, 0.5) is 16.3 Å². The van der Waals surface area contributed by atoms with Crippen molar-refractivity contribution in [2.45, 2.75) is 52.3 Å². The number of anilines is 1. The Morgan fingerprint density at radius 2 is 2.23 bits per heavy atom. The van der Waals surface area contributed by atoms with Crippen LogP contribution in [-0.4, -0.2) is 22.7 Å². The third kappa shape index (κ3) is 5.01. The number of amides is 1. The van der Waals surface area contributed by atoms with E-state index in [1.54, 1.807) is 24.5 Å². The molecule has 0 aromatic carbocycles. The molecule has 3 aromatic rings. The Morgan fingerprint density at radius 3 is 2.80 bits per heavy atom. The molecule has 7 nitrogen and oxygen atoms in total. The molecule has 30 heavy (non-hydrogen) atoms. The van der Waals surface area contributed by atoms with Gasteiger partial charge in [0, 0.05) is 10.9 Å². The summed E-state index contributed by atoms with van der Waals surface area (Å²) in [6.45, 7) is 15.0. The summed E-state index contributed by atoms with van der Waals surface area (Å²) in [7, 11) is 0. The van der Waals surface area contributed by atoms with E-state index >= 15 is 0 Å². The largest absolute Gasteiger partial charge is 0.467 e. The average Bonchev–Trinajstić information content (AvgIpc) is 3.26. The second-order valence-corrected chi connectivity index (χ2v) is 9.85. The van der Waals surface area contributed by atoms with Crippen LogP contribution in [-0.2, 0) is 17.7 Å². The van der Waals surface area contributed by atoms with Crippen LogP contribution < -0.4 is 10.6 Å². The minimum Gasteiger partial charge on any atom is -0.467 e. The third-order valence-electron chi connectivity index (χ3n) is 4.04. The number of carbonyl (C=O) groups excluding carboxylic acids is 1. The van der Waals surface area contributed by atoms with Crippen molar-refractivity contribution in [2.24, 2.45) is 5.73 Å². The fourth-order valence-electron chi connectivity index (χ4n) is 2.86. The summed E-state index contributed by atoms with van der Waals surface area (Å²) >= 11 is 5.11. The van der Waals surface area contributed by atoms with Gasteiger partial charge in [-0.15, -0.1) is 16.3 Å². The van der Waals surface area contributed by atoms with Crippen LogP contribution in [0.5, 0.6) is 0 Å². The standard InChI is InChI=1S/C21H23BrN4O3S/c1-12(23)9-15-17(22)18-19(30-15)14(10-16(24-5)25-18)26(11-13-7-6-8-28-13)20(27)29-21(2,3)4/h6-8,10,12H,9,11,23H2,1-4H3/t12-/m0/s1. The van der Waals surface area contributed by atoms with E-state index in [-0.39, 0.29) is 18.4 Å². The fraction of sp³-hybridized carbons (Fsp3) is 0.381. The zero-order valence-corrected chi connectivity index (χ0v) is 19.6. The Hall–Kier alpha value is -2.41. The highest BCUT2D eigenvalue weighted by Gasteiger charge is 2.29. The summed E-state index contributed by atoms with van der Waals surface area (Å²) in [6, 6.07) is 5.12. The first-order valence-corrected chi connectivity index (χ1v) is 11.0. The van der Waals surface area contributed by atoms with Gasteiger partial charge in [0.15, 0.2) is 5.52 Å². The summed E-state index contributed by atoms with van der Waals surface area (Å²) in [5, 5.41) is 0. The van der Waals surface area contributed by atoms with Crippen LogP contribution in [0.2, 0.25) is 0 Å². The molecule has 0 aliphatic heterocycles. The molecule has 0 radical (unpaired) electrons. The number of nitrogens with two attached hydrogens (primary N) is 1. The maximum Gasteiger partial charge on any atom is 0.415 e. The molecule has 3 aromatic heterocycles. The van der Waals surface area contributed by atoms with E-state index in [1.165, 1.54) is 16.2 Å². The number of fused-ring (bicyclic) bond motifs is 1. The highest BCUT2D eigenvalue weighted by Crippen LogP contribution is 2.42. The highest BCUT2D eigenvalue weighted by atomic mass is 79.9. The van der Waals surface area contributed by atoms with Gasteiger partial charge >= 0.3 is 6.09 Å². The van der Waals surface area contributed by atoms with Gasteiger partial charge in [-0.05, 0) is 68.2 Å². The van der Waals surface area contributed by atoms with Crippen LogP contribution in [0.1, 0.15) is 38.3 Å². The molecule has 0 fully saturated rings. The monoisotopic (exact) mass is 490 g/mol. The van der Waals surface area contributed by atoms with Crippen molar-refractivity contribution in [1.82, 2.24) is 4.98 Å². The van der Waals surface area contributed by atoms with Gasteiger partial charge in [0.1, 0.15) is 16.1 Å². The first-order valence-electron chi connectivity index (χ1n) is 9.37. The molecular formula is C21H23BrN4O3S. The Kier molecular flexibility index (Phi) is 6.50. The van der Waals surface area contributed by atoms with Gasteiger partial charge < -0.3 is 19.7 Å². The zero-order chi connectivity index (χ0) is 22.1. The lowest BCUT2D eigenvalue weighted by Crippen LogP contribution is -2.36. The second kappa shape index (κ2) is 8.76. The van der Waals surface area contributed by atoms with E-state index in [9.17, 15) is 4.79 Å². The molecule has 0 aliphatic rings. The van der Waals surface area contributed by atoms with Crippen molar-refractivity contribution in [3.8, 4) is 0 Å². The van der Waals surface area contributed by atoms with Crippen LogP contribution in [0.25, 0.3) is 15.1 Å². The minimum absolute atomic E-state index is 0.0387. The van der Waals surface area contributed by atoms with E-state index in [1.807, 2.05) is 27.7 Å². The SMILES string of the molecule is [C-]#[N+]c1cc(N(Cc2ccco2)C(=O)OC(C)(C)C)c2sc(C[C@H](C)N)c(Br)c2n1. The molecule has 3 rings (SSSR count). The normalized spacial score (nSPS) is 12.6. The van der Waals surface area contributed by atoms with E-state index in [0.717, 1.165) is 14.0 Å². The van der Waals surface area contributed by atoms with Gasteiger partial charge in [0.05, 0.1) is 23.0 Å². The van der Waals surface area contributed by atoms with Crippen LogP contribution in [0, 0.1) is 6.57 Å². The zero-order valence-electron chi connectivity index (χ0n) is 17.2. The number of nitrogens with zero attached hydrogens (tertiary/aromatic N) is 3. The molecule has 0 spiro atoms. The molecule has 1 atom stereocenters. The van der Waals surface area contributed by atoms with Crippen molar-refractivity contribution in [3.05, 3.63) is 51.0 Å². The number of thiophene rings is 1. The Morgan fingerprint density at radius 1 is 1.50 bits per heavy atom. The summed E-state index contributed by atoms with van der Waals surface area (Å²) in [6.07, 6.45) is 1.68.